The van der Waals surface area contributed by atoms with Crippen LogP contribution in [0.15, 0.2) is 0 Å². The zero-order chi connectivity index (χ0) is 11.8. The lowest BCUT2D eigenvalue weighted by Crippen LogP contribution is -2.43. The van der Waals surface area contributed by atoms with Crippen LogP contribution >= 0.6 is 0 Å². The van der Waals surface area contributed by atoms with Gasteiger partial charge in [0.15, 0.2) is 15.6 Å². The van der Waals surface area contributed by atoms with Gasteiger partial charge in [-0.15, -0.1) is 0 Å². The second-order valence-corrected chi connectivity index (χ2v) is 6.73. The van der Waals surface area contributed by atoms with Crippen molar-refractivity contribution in [3.05, 3.63) is 0 Å². The van der Waals surface area contributed by atoms with Crippen LogP contribution in [0.25, 0.3) is 0 Å². The van der Waals surface area contributed by atoms with E-state index in [0.29, 0.717) is 19.4 Å². The average molecular weight is 245 g/mol. The molecule has 2 fully saturated rings. The first-order valence-corrected chi connectivity index (χ1v) is 7.10. The van der Waals surface area contributed by atoms with E-state index in [1.165, 1.54) is 0 Å². The zero-order valence-electron chi connectivity index (χ0n) is 9.18. The second-order valence-electron chi connectivity index (χ2n) is 4.43. The van der Waals surface area contributed by atoms with E-state index < -0.39 is 20.9 Å². The summed E-state index contributed by atoms with van der Waals surface area (Å²) in [6, 6.07) is 2.00. The molecule has 0 aromatic carbocycles. The van der Waals surface area contributed by atoms with Crippen LogP contribution in [0, 0.1) is 11.3 Å². The van der Waals surface area contributed by atoms with E-state index in [0.717, 1.165) is 0 Å². The zero-order valence-corrected chi connectivity index (χ0v) is 10.00. The Labute approximate surface area is 95.3 Å². The van der Waals surface area contributed by atoms with Crippen LogP contribution in [0.2, 0.25) is 0 Å². The fourth-order valence-corrected chi connectivity index (χ4v) is 4.56. The molecule has 0 aromatic heterocycles. The maximum absolute atomic E-state index is 11.8. The van der Waals surface area contributed by atoms with Crippen LogP contribution in [0.5, 0.6) is 0 Å². The van der Waals surface area contributed by atoms with E-state index in [1.54, 1.807) is 6.92 Å². The lowest BCUT2D eigenvalue weighted by molar-refractivity contribution is -0.153. The summed E-state index contributed by atoms with van der Waals surface area (Å²) in [7, 11) is -3.10. The maximum atomic E-state index is 11.8. The molecule has 3 unspecified atom stereocenters. The van der Waals surface area contributed by atoms with Gasteiger partial charge in [0.2, 0.25) is 0 Å². The summed E-state index contributed by atoms with van der Waals surface area (Å²) in [6.07, 6.45) is 1.18. The normalized spacial score (nSPS) is 42.0. The highest BCUT2D eigenvalue weighted by atomic mass is 32.2. The first-order chi connectivity index (χ1) is 7.48. The van der Waals surface area contributed by atoms with Gasteiger partial charge >= 0.3 is 0 Å². The number of hydrogen-bond acceptors (Lipinski definition) is 5. The Morgan fingerprint density at radius 1 is 1.56 bits per heavy atom. The molecule has 0 saturated carbocycles. The second kappa shape index (κ2) is 3.99. The van der Waals surface area contributed by atoms with Crippen LogP contribution < -0.4 is 0 Å². The number of hydrogen-bond donors (Lipinski definition) is 0. The van der Waals surface area contributed by atoms with Crippen molar-refractivity contribution in [1.29, 1.82) is 5.26 Å². The standard InChI is InChI=1S/C10H15NO4S/c1-10(9-3-2-6-16(9,12)13)14-7-8(15-10)4-5-11/h8-9H,2-4,6-7H2,1H3. The molecule has 0 amide bonds. The molecule has 0 aromatic rings. The predicted molar refractivity (Wildman–Crippen MR) is 56.3 cm³/mol. The molecule has 16 heavy (non-hydrogen) atoms. The van der Waals surface area contributed by atoms with Gasteiger partial charge in [-0.3, -0.25) is 0 Å². The van der Waals surface area contributed by atoms with Gasteiger partial charge < -0.3 is 9.47 Å². The molecule has 2 saturated heterocycles. The van der Waals surface area contributed by atoms with Crippen molar-refractivity contribution in [1.82, 2.24) is 0 Å². The SMILES string of the molecule is CC1(C2CCCS2(=O)=O)OCC(CC#N)O1. The molecule has 2 aliphatic rings. The smallest absolute Gasteiger partial charge is 0.182 e. The third kappa shape index (κ3) is 1.95. The Balaban J connectivity index is 2.13. The largest absolute Gasteiger partial charge is 0.346 e. The molecule has 90 valence electrons. The van der Waals surface area contributed by atoms with Gasteiger partial charge in [0, 0.05) is 0 Å². The van der Waals surface area contributed by atoms with Gasteiger partial charge in [0.1, 0.15) is 5.25 Å². The highest BCUT2D eigenvalue weighted by Gasteiger charge is 2.51. The highest BCUT2D eigenvalue weighted by molar-refractivity contribution is 7.92. The molecule has 2 rings (SSSR count). The summed E-state index contributed by atoms with van der Waals surface area (Å²) in [4.78, 5) is 0. The van der Waals surface area contributed by atoms with Gasteiger partial charge in [-0.2, -0.15) is 5.26 Å². The van der Waals surface area contributed by atoms with Gasteiger partial charge in [-0.1, -0.05) is 0 Å². The minimum Gasteiger partial charge on any atom is -0.346 e. The number of sulfone groups is 1. The summed E-state index contributed by atoms with van der Waals surface area (Å²) in [6.45, 7) is 1.97. The number of nitrogens with zero attached hydrogens (tertiary/aromatic N) is 1. The highest BCUT2D eigenvalue weighted by Crippen LogP contribution is 2.37. The van der Waals surface area contributed by atoms with E-state index >= 15 is 0 Å². The Kier molecular flexibility index (Phi) is 2.95. The van der Waals surface area contributed by atoms with Crippen LogP contribution in [-0.2, 0) is 19.3 Å². The summed E-state index contributed by atoms with van der Waals surface area (Å²) in [5.41, 5.74) is 0. The van der Waals surface area contributed by atoms with Gasteiger partial charge in [-0.05, 0) is 19.8 Å². The van der Waals surface area contributed by atoms with Gasteiger partial charge in [0.25, 0.3) is 0 Å². The summed E-state index contributed by atoms with van der Waals surface area (Å²) >= 11 is 0. The summed E-state index contributed by atoms with van der Waals surface area (Å²) in [5, 5.41) is 7.98. The molecule has 0 aliphatic carbocycles. The number of ether oxygens (including phenoxy) is 2. The van der Waals surface area contributed by atoms with E-state index in [1.807, 2.05) is 6.07 Å². The van der Waals surface area contributed by atoms with E-state index in [2.05, 4.69) is 0 Å². The molecule has 3 atom stereocenters. The first kappa shape index (κ1) is 11.8. The Hall–Kier alpha value is -0.640. The molecule has 2 aliphatic heterocycles. The predicted octanol–water partition coefficient (Wildman–Crippen LogP) is 0.609. The van der Waals surface area contributed by atoms with Crippen molar-refractivity contribution in [3.8, 4) is 6.07 Å². The molecular weight excluding hydrogens is 230 g/mol. The van der Waals surface area contributed by atoms with Crippen molar-refractivity contribution in [2.24, 2.45) is 0 Å². The van der Waals surface area contributed by atoms with Crippen molar-refractivity contribution < 1.29 is 17.9 Å². The van der Waals surface area contributed by atoms with E-state index in [-0.39, 0.29) is 18.3 Å². The Morgan fingerprint density at radius 3 is 2.88 bits per heavy atom. The molecular formula is C10H15NO4S. The van der Waals surface area contributed by atoms with E-state index in [4.69, 9.17) is 14.7 Å². The lowest BCUT2D eigenvalue weighted by Gasteiger charge is -2.28. The average Bonchev–Trinajstić information content (AvgIpc) is 2.71. The Bertz CT molecular complexity index is 413. The van der Waals surface area contributed by atoms with Crippen molar-refractivity contribution in [2.45, 2.75) is 43.3 Å². The molecule has 0 radical (unpaired) electrons. The molecule has 2 heterocycles. The third-order valence-electron chi connectivity index (χ3n) is 3.19. The molecule has 6 heteroatoms. The maximum Gasteiger partial charge on any atom is 0.182 e. The minimum atomic E-state index is -3.10. The first-order valence-electron chi connectivity index (χ1n) is 5.38. The van der Waals surface area contributed by atoms with Gasteiger partial charge in [-0.25, -0.2) is 8.42 Å². The summed E-state index contributed by atoms with van der Waals surface area (Å²) < 4.78 is 34.6. The molecule has 0 N–H and O–H groups in total. The molecule has 0 bridgehead atoms. The molecule has 0 spiro atoms. The quantitative estimate of drug-likeness (QED) is 0.712. The third-order valence-corrected chi connectivity index (χ3v) is 5.58. The van der Waals surface area contributed by atoms with Crippen molar-refractivity contribution in [3.63, 3.8) is 0 Å². The van der Waals surface area contributed by atoms with Gasteiger partial charge in [0.05, 0.1) is 31.0 Å². The lowest BCUT2D eigenvalue weighted by atomic mass is 10.1. The topological polar surface area (TPSA) is 76.4 Å². The Morgan fingerprint density at radius 2 is 2.31 bits per heavy atom. The number of nitriles is 1. The van der Waals surface area contributed by atoms with Crippen molar-refractivity contribution >= 4 is 9.84 Å². The summed E-state index contributed by atoms with van der Waals surface area (Å²) in [5.74, 6) is -0.847. The molecule has 5 nitrogen and oxygen atoms in total. The van der Waals surface area contributed by atoms with Crippen LogP contribution in [-0.4, -0.2) is 37.9 Å². The minimum absolute atomic E-state index is 0.211. The van der Waals surface area contributed by atoms with Crippen LogP contribution in [0.3, 0.4) is 0 Å². The van der Waals surface area contributed by atoms with Crippen LogP contribution in [0.1, 0.15) is 26.2 Å². The van der Waals surface area contributed by atoms with Crippen LogP contribution in [0.4, 0.5) is 0 Å². The monoisotopic (exact) mass is 245 g/mol. The number of rotatable bonds is 2. The fraction of sp³-hybridized carbons (Fsp3) is 0.900. The van der Waals surface area contributed by atoms with Crippen molar-refractivity contribution in [2.75, 3.05) is 12.4 Å². The van der Waals surface area contributed by atoms with E-state index in [9.17, 15) is 8.42 Å². The fourth-order valence-electron chi connectivity index (χ4n) is 2.41.